The second-order valence-corrected chi connectivity index (χ2v) is 17.5. The largest absolute Gasteiger partial charge is 0.459 e. The second-order valence-electron chi connectivity index (χ2n) is 17.5. The van der Waals surface area contributed by atoms with E-state index in [1.807, 2.05) is 45.9 Å². The van der Waals surface area contributed by atoms with Crippen molar-refractivity contribution in [2.75, 3.05) is 26.4 Å². The summed E-state index contributed by atoms with van der Waals surface area (Å²) in [5.41, 5.74) is 2.93. The molecule has 0 spiro atoms. The number of unbranched alkanes of at least 4 members (excludes halogenated alkanes) is 2. The molecule has 3 aromatic carbocycles. The van der Waals surface area contributed by atoms with Gasteiger partial charge in [0.05, 0.1) is 23.2 Å². The smallest absolute Gasteiger partial charge is 0.269 e. The van der Waals surface area contributed by atoms with Crippen LogP contribution >= 0.6 is 0 Å². The van der Waals surface area contributed by atoms with Gasteiger partial charge in [-0.25, -0.2) is 0 Å². The molecule has 3 aromatic rings. The molecule has 13 nitrogen and oxygen atoms in total. The Morgan fingerprint density at radius 2 is 1.75 bits per heavy atom. The van der Waals surface area contributed by atoms with Crippen molar-refractivity contribution in [2.24, 2.45) is 22.9 Å². The van der Waals surface area contributed by atoms with Crippen molar-refractivity contribution in [3.05, 3.63) is 124 Å². The first-order chi connectivity index (χ1) is 30.4. The summed E-state index contributed by atoms with van der Waals surface area (Å²) in [4.78, 5) is 45.3. The molecule has 0 saturated heterocycles. The normalized spacial score (nSPS) is 23.2. The van der Waals surface area contributed by atoms with E-state index in [4.69, 9.17) is 24.2 Å². The Kier molecular flexibility index (Phi) is 15.7. The van der Waals surface area contributed by atoms with E-state index in [0.717, 1.165) is 43.1 Å². The van der Waals surface area contributed by atoms with Gasteiger partial charge in [0.1, 0.15) is 35.2 Å². The number of nitro benzene ring substituents is 1. The Labute approximate surface area is 370 Å². The number of allylic oxidation sites excluding steroid dienone is 1. The van der Waals surface area contributed by atoms with Crippen LogP contribution in [-0.2, 0) is 14.4 Å². The van der Waals surface area contributed by atoms with Gasteiger partial charge in [-0.05, 0) is 124 Å². The molecule has 2 aliphatic carbocycles. The summed E-state index contributed by atoms with van der Waals surface area (Å²) in [5, 5.41) is 36.1. The highest BCUT2D eigenvalue weighted by molar-refractivity contribution is 6.03. The van der Waals surface area contributed by atoms with E-state index in [9.17, 15) is 29.9 Å². The monoisotopic (exact) mass is 863 g/mol. The summed E-state index contributed by atoms with van der Waals surface area (Å²) in [5.74, 6) is -0.835. The molecule has 3 aliphatic rings. The minimum absolute atomic E-state index is 0.00730. The van der Waals surface area contributed by atoms with Crippen LogP contribution in [0.1, 0.15) is 106 Å². The van der Waals surface area contributed by atoms with Crippen molar-refractivity contribution in [3.63, 3.8) is 0 Å². The maximum Gasteiger partial charge on any atom is 0.269 e. The van der Waals surface area contributed by atoms with Gasteiger partial charge in [-0.3, -0.25) is 19.7 Å². The van der Waals surface area contributed by atoms with Gasteiger partial charge in [0.15, 0.2) is 0 Å². The molecular formula is C50H61N3O10. The summed E-state index contributed by atoms with van der Waals surface area (Å²) >= 11 is 0. The molecular weight excluding hydrogens is 803 g/mol. The summed E-state index contributed by atoms with van der Waals surface area (Å²) in [7, 11) is 0. The zero-order valence-corrected chi connectivity index (χ0v) is 36.8. The van der Waals surface area contributed by atoms with Crippen molar-refractivity contribution in [2.45, 2.75) is 102 Å². The van der Waals surface area contributed by atoms with Gasteiger partial charge in [0, 0.05) is 61.4 Å². The third-order valence-corrected chi connectivity index (χ3v) is 12.0. The zero-order valence-electron chi connectivity index (χ0n) is 36.8. The Bertz CT molecular complexity index is 2180. The standard InChI is InChI=1S/C50H61N3O10/c1-6-25-52(46(57)24-19-34-17-20-37(21-18-34)53(58)59)45-32-43(51-63-49(3,4)5)41-30-36(14-8-10-26-54)40(16-9-11-27-55)47-42-31-39(61-38-15-12-13-35(29-38)33-56)22-23-44(42)62-50(45,48(41)47)60-28-7-2/h7,12-13,15,17-24,29-31,33,36,40,45,47-48,54-55H,2,6,8-11,14,16,25-28,32H2,1,3-5H3. The minimum Gasteiger partial charge on any atom is -0.459 e. The average molecular weight is 864 g/mol. The number of fused-ring (bicyclic) bond motifs is 2. The number of carbonyl (C=O) groups excluding carboxylic acids is 2. The number of nitro groups is 1. The second kappa shape index (κ2) is 21.2. The molecule has 13 heteroatoms. The molecule has 1 aliphatic heterocycles. The molecule has 0 bridgehead atoms. The number of benzene rings is 3. The van der Waals surface area contributed by atoms with Crippen molar-refractivity contribution >= 4 is 29.7 Å². The zero-order chi connectivity index (χ0) is 45.1. The maximum absolute atomic E-state index is 14.7. The van der Waals surface area contributed by atoms with Gasteiger partial charge in [0.25, 0.3) is 5.69 Å². The molecule has 6 atom stereocenters. The van der Waals surface area contributed by atoms with Crippen LogP contribution in [0.3, 0.4) is 0 Å². The van der Waals surface area contributed by atoms with Crippen LogP contribution < -0.4 is 9.47 Å². The highest BCUT2D eigenvalue weighted by atomic mass is 16.7. The van der Waals surface area contributed by atoms with Crippen LogP contribution in [0.2, 0.25) is 0 Å². The van der Waals surface area contributed by atoms with E-state index >= 15 is 0 Å². The first-order valence-corrected chi connectivity index (χ1v) is 22.1. The molecule has 6 rings (SSSR count). The molecule has 1 heterocycles. The molecule has 1 saturated carbocycles. The number of nitrogens with zero attached hydrogens (tertiary/aromatic N) is 3. The van der Waals surface area contributed by atoms with Gasteiger partial charge in [-0.15, -0.1) is 6.58 Å². The molecule has 336 valence electrons. The number of aliphatic hydroxyl groups excluding tert-OH is 2. The van der Waals surface area contributed by atoms with E-state index < -0.39 is 28.3 Å². The van der Waals surface area contributed by atoms with Crippen molar-refractivity contribution in [1.82, 2.24) is 4.90 Å². The number of hydrogen-bond acceptors (Lipinski definition) is 11. The third kappa shape index (κ3) is 10.9. The van der Waals surface area contributed by atoms with Crippen LogP contribution in [0.25, 0.3) is 6.08 Å². The van der Waals surface area contributed by atoms with Crippen LogP contribution in [-0.4, -0.2) is 81.7 Å². The lowest BCUT2D eigenvalue weighted by atomic mass is 9.55. The van der Waals surface area contributed by atoms with Crippen molar-refractivity contribution in [3.8, 4) is 17.2 Å². The number of aliphatic hydroxyl groups is 2. The molecule has 1 fully saturated rings. The summed E-state index contributed by atoms with van der Waals surface area (Å²) in [6.45, 7) is 12.4. The SMILES string of the molecule is C=CCOC12Oc3ccc(Oc4cccc(C=O)c4)cc3C3C(CCCCO)C(CCCCO)C=C(C(=NOC(C)(C)C)CC1N(CCC)C(=O)C=Cc1ccc([N+](=O)[O-])cc1)C32. The Morgan fingerprint density at radius 1 is 1.02 bits per heavy atom. The van der Waals surface area contributed by atoms with E-state index in [1.165, 1.54) is 18.2 Å². The Morgan fingerprint density at radius 3 is 2.41 bits per heavy atom. The molecule has 0 radical (unpaired) electrons. The van der Waals surface area contributed by atoms with E-state index in [0.29, 0.717) is 59.9 Å². The van der Waals surface area contributed by atoms with Crippen molar-refractivity contribution in [1.29, 1.82) is 0 Å². The topological polar surface area (TPSA) is 170 Å². The van der Waals surface area contributed by atoms with Gasteiger partial charge in [0.2, 0.25) is 11.7 Å². The van der Waals surface area contributed by atoms with Gasteiger partial charge < -0.3 is 34.2 Å². The number of ether oxygens (including phenoxy) is 3. The fourth-order valence-electron chi connectivity index (χ4n) is 9.32. The lowest BCUT2D eigenvalue weighted by molar-refractivity contribution is -0.384. The van der Waals surface area contributed by atoms with E-state index in [-0.39, 0.29) is 55.6 Å². The Hall–Kier alpha value is -5.63. The maximum atomic E-state index is 14.7. The minimum atomic E-state index is -1.45. The molecule has 6 unspecified atom stereocenters. The molecule has 63 heavy (non-hydrogen) atoms. The van der Waals surface area contributed by atoms with Crippen molar-refractivity contribution < 1.29 is 43.8 Å². The third-order valence-electron chi connectivity index (χ3n) is 12.0. The number of oxime groups is 1. The summed E-state index contributed by atoms with van der Waals surface area (Å²) in [6, 6.07) is 18.0. The summed E-state index contributed by atoms with van der Waals surface area (Å²) < 4.78 is 20.8. The van der Waals surface area contributed by atoms with E-state index in [2.05, 4.69) is 12.7 Å². The molecule has 1 amide bonds. The van der Waals surface area contributed by atoms with Gasteiger partial charge in [-0.2, -0.15) is 0 Å². The van der Waals surface area contributed by atoms with Crippen LogP contribution in [0.15, 0.2) is 102 Å². The number of non-ortho nitro benzene ring substituents is 1. The fourth-order valence-corrected chi connectivity index (χ4v) is 9.32. The Balaban J connectivity index is 1.57. The summed E-state index contributed by atoms with van der Waals surface area (Å²) in [6.07, 6.45) is 13.2. The first kappa shape index (κ1) is 46.9. The average Bonchev–Trinajstić information content (AvgIpc) is 3.27. The number of hydrogen-bond donors (Lipinski definition) is 2. The lowest BCUT2D eigenvalue weighted by Gasteiger charge is -2.60. The first-order valence-electron chi connectivity index (χ1n) is 22.1. The lowest BCUT2D eigenvalue weighted by Crippen LogP contribution is -2.70. The highest BCUT2D eigenvalue weighted by Crippen LogP contribution is 2.62. The predicted molar refractivity (Wildman–Crippen MR) is 242 cm³/mol. The predicted octanol–water partition coefficient (Wildman–Crippen LogP) is 9.58. The highest BCUT2D eigenvalue weighted by Gasteiger charge is 2.65. The van der Waals surface area contributed by atoms with Crippen LogP contribution in [0.5, 0.6) is 17.2 Å². The molecule has 0 aromatic heterocycles. The quantitative estimate of drug-likeness (QED) is 0.0263. The number of amides is 1. The molecule has 2 N–H and O–H groups in total. The van der Waals surface area contributed by atoms with Crippen LogP contribution in [0, 0.1) is 27.9 Å². The number of carbonyl (C=O) groups is 2. The number of aldehydes is 1. The van der Waals surface area contributed by atoms with Gasteiger partial charge >= 0.3 is 0 Å². The van der Waals surface area contributed by atoms with Crippen LogP contribution in [0.4, 0.5) is 5.69 Å². The van der Waals surface area contributed by atoms with E-state index in [1.54, 1.807) is 53.5 Å². The number of rotatable bonds is 21. The van der Waals surface area contributed by atoms with Gasteiger partial charge in [-0.1, -0.05) is 49.2 Å². The fraction of sp³-hybridized carbons (Fsp3) is 0.460.